The minimum Gasteiger partial charge on any atom is -0.373 e. The molecule has 0 bridgehead atoms. The van der Waals surface area contributed by atoms with Crippen LogP contribution >= 0.6 is 0 Å². The van der Waals surface area contributed by atoms with Crippen molar-refractivity contribution in [2.45, 2.75) is 45.7 Å². The highest BCUT2D eigenvalue weighted by Gasteiger charge is 2.38. The molecule has 0 aromatic carbocycles. The SMILES string of the molecule is CCCOC(O)(OCC)C(CC)OC. The van der Waals surface area contributed by atoms with Gasteiger partial charge in [0.15, 0.2) is 0 Å². The van der Waals surface area contributed by atoms with Gasteiger partial charge in [-0.25, -0.2) is 0 Å². The summed E-state index contributed by atoms with van der Waals surface area (Å²) in [4.78, 5) is 0. The molecule has 0 aromatic rings. The average Bonchev–Trinajstić information content (AvgIpc) is 2.17. The maximum absolute atomic E-state index is 10.0. The molecule has 0 rings (SSSR count). The van der Waals surface area contributed by atoms with Crippen molar-refractivity contribution in [2.75, 3.05) is 20.3 Å². The Morgan fingerprint density at radius 3 is 2.21 bits per heavy atom. The van der Waals surface area contributed by atoms with Gasteiger partial charge in [-0.3, -0.25) is 0 Å². The predicted molar refractivity (Wildman–Crippen MR) is 53.9 cm³/mol. The van der Waals surface area contributed by atoms with Gasteiger partial charge >= 0.3 is 5.97 Å². The van der Waals surface area contributed by atoms with Gasteiger partial charge in [0, 0.05) is 13.7 Å². The van der Waals surface area contributed by atoms with Gasteiger partial charge < -0.3 is 19.3 Å². The van der Waals surface area contributed by atoms with Crippen LogP contribution in [0.1, 0.15) is 33.6 Å². The third-order valence-electron chi connectivity index (χ3n) is 1.93. The van der Waals surface area contributed by atoms with E-state index < -0.39 is 12.1 Å². The Bertz CT molecular complexity index is 136. The van der Waals surface area contributed by atoms with Crippen molar-refractivity contribution in [1.82, 2.24) is 0 Å². The highest BCUT2D eigenvalue weighted by atomic mass is 16.8. The van der Waals surface area contributed by atoms with E-state index in [9.17, 15) is 5.11 Å². The second kappa shape index (κ2) is 7.17. The van der Waals surface area contributed by atoms with Gasteiger partial charge in [0.1, 0.15) is 6.10 Å². The van der Waals surface area contributed by atoms with Gasteiger partial charge in [0.05, 0.1) is 6.61 Å². The number of hydrogen-bond acceptors (Lipinski definition) is 4. The highest BCUT2D eigenvalue weighted by Crippen LogP contribution is 2.20. The Morgan fingerprint density at radius 1 is 1.21 bits per heavy atom. The molecule has 0 saturated carbocycles. The molecule has 0 aliphatic rings. The first kappa shape index (κ1) is 13.8. The van der Waals surface area contributed by atoms with Crippen molar-refractivity contribution >= 4 is 0 Å². The van der Waals surface area contributed by atoms with Gasteiger partial charge in [0.25, 0.3) is 0 Å². The minimum atomic E-state index is -1.60. The summed E-state index contributed by atoms with van der Waals surface area (Å²) in [5.41, 5.74) is 0. The second-order valence-corrected chi connectivity index (χ2v) is 3.04. The molecule has 14 heavy (non-hydrogen) atoms. The standard InChI is InChI=1S/C10H22O4/c1-5-8-14-10(11,13-7-3)9(6-2)12-4/h9,11H,5-8H2,1-4H3. The van der Waals surface area contributed by atoms with E-state index in [1.807, 2.05) is 20.8 Å². The lowest BCUT2D eigenvalue weighted by atomic mass is 10.2. The Balaban J connectivity index is 4.33. The van der Waals surface area contributed by atoms with Gasteiger partial charge in [-0.05, 0) is 19.8 Å². The van der Waals surface area contributed by atoms with E-state index in [4.69, 9.17) is 14.2 Å². The average molecular weight is 206 g/mol. The van der Waals surface area contributed by atoms with Crippen LogP contribution in [-0.4, -0.2) is 37.5 Å². The lowest BCUT2D eigenvalue weighted by Crippen LogP contribution is -2.48. The minimum absolute atomic E-state index is 0.389. The van der Waals surface area contributed by atoms with Gasteiger partial charge in [-0.15, -0.1) is 0 Å². The number of methoxy groups -OCH3 is 1. The Hall–Kier alpha value is -0.160. The van der Waals surface area contributed by atoms with Crippen LogP contribution < -0.4 is 0 Å². The smallest absolute Gasteiger partial charge is 0.308 e. The Morgan fingerprint density at radius 2 is 1.86 bits per heavy atom. The van der Waals surface area contributed by atoms with Gasteiger partial charge in [0.2, 0.25) is 0 Å². The zero-order valence-electron chi connectivity index (χ0n) is 9.58. The summed E-state index contributed by atoms with van der Waals surface area (Å²) in [6.45, 7) is 6.53. The maximum Gasteiger partial charge on any atom is 0.308 e. The molecule has 0 heterocycles. The third kappa shape index (κ3) is 3.92. The number of aliphatic hydroxyl groups is 1. The zero-order chi connectivity index (χ0) is 11.0. The van der Waals surface area contributed by atoms with E-state index in [2.05, 4.69) is 0 Å². The molecular weight excluding hydrogens is 184 g/mol. The molecule has 0 aliphatic carbocycles. The molecule has 86 valence electrons. The summed E-state index contributed by atoms with van der Waals surface area (Å²) in [5, 5.41) is 10.0. The molecule has 0 spiro atoms. The van der Waals surface area contributed by atoms with E-state index >= 15 is 0 Å². The van der Waals surface area contributed by atoms with Crippen molar-refractivity contribution in [2.24, 2.45) is 0 Å². The van der Waals surface area contributed by atoms with Crippen LogP contribution in [0.3, 0.4) is 0 Å². The number of ether oxygens (including phenoxy) is 3. The highest BCUT2D eigenvalue weighted by molar-refractivity contribution is 4.67. The Labute approximate surface area is 86.2 Å². The van der Waals surface area contributed by atoms with E-state index in [-0.39, 0.29) is 0 Å². The molecule has 0 fully saturated rings. The van der Waals surface area contributed by atoms with Crippen molar-refractivity contribution in [3.63, 3.8) is 0 Å². The lowest BCUT2D eigenvalue weighted by molar-refractivity contribution is -0.397. The largest absolute Gasteiger partial charge is 0.373 e. The van der Waals surface area contributed by atoms with Crippen molar-refractivity contribution in [3.8, 4) is 0 Å². The van der Waals surface area contributed by atoms with Crippen molar-refractivity contribution < 1.29 is 19.3 Å². The molecule has 4 heteroatoms. The molecule has 4 nitrogen and oxygen atoms in total. The molecule has 0 radical (unpaired) electrons. The first-order valence-electron chi connectivity index (χ1n) is 5.17. The van der Waals surface area contributed by atoms with Crippen molar-refractivity contribution in [3.05, 3.63) is 0 Å². The van der Waals surface area contributed by atoms with Crippen molar-refractivity contribution in [1.29, 1.82) is 0 Å². The fourth-order valence-corrected chi connectivity index (χ4v) is 1.26. The summed E-state index contributed by atoms with van der Waals surface area (Å²) in [6, 6.07) is 0. The van der Waals surface area contributed by atoms with Crippen LogP contribution in [0.2, 0.25) is 0 Å². The summed E-state index contributed by atoms with van der Waals surface area (Å²) in [7, 11) is 1.54. The van der Waals surface area contributed by atoms with Crippen LogP contribution in [0.5, 0.6) is 0 Å². The van der Waals surface area contributed by atoms with Crippen LogP contribution in [-0.2, 0) is 14.2 Å². The molecule has 2 atom stereocenters. The molecule has 0 saturated heterocycles. The molecule has 0 aromatic heterocycles. The number of hydrogen-bond donors (Lipinski definition) is 1. The predicted octanol–water partition coefficient (Wildman–Crippen LogP) is 1.52. The summed E-state index contributed by atoms with van der Waals surface area (Å²) in [5.74, 6) is -1.60. The van der Waals surface area contributed by atoms with Crippen LogP contribution in [0.25, 0.3) is 0 Å². The van der Waals surface area contributed by atoms with E-state index in [1.165, 1.54) is 7.11 Å². The summed E-state index contributed by atoms with van der Waals surface area (Å²) >= 11 is 0. The fourth-order valence-electron chi connectivity index (χ4n) is 1.26. The fraction of sp³-hybridized carbons (Fsp3) is 1.00. The van der Waals surface area contributed by atoms with E-state index in [0.717, 1.165) is 6.42 Å². The first-order valence-corrected chi connectivity index (χ1v) is 5.17. The first-order chi connectivity index (χ1) is 6.64. The number of rotatable bonds is 8. The second-order valence-electron chi connectivity index (χ2n) is 3.04. The normalized spacial score (nSPS) is 17.8. The Kier molecular flexibility index (Phi) is 7.09. The summed E-state index contributed by atoms with van der Waals surface area (Å²) < 4.78 is 15.6. The van der Waals surface area contributed by atoms with Crippen LogP contribution in [0.15, 0.2) is 0 Å². The summed E-state index contributed by atoms with van der Waals surface area (Å²) in [6.07, 6.45) is 1.01. The van der Waals surface area contributed by atoms with Gasteiger partial charge in [-0.2, -0.15) is 0 Å². The monoisotopic (exact) mass is 206 g/mol. The maximum atomic E-state index is 10.0. The molecule has 1 N–H and O–H groups in total. The lowest BCUT2D eigenvalue weighted by Gasteiger charge is -2.33. The van der Waals surface area contributed by atoms with Crippen LogP contribution in [0.4, 0.5) is 0 Å². The van der Waals surface area contributed by atoms with E-state index in [1.54, 1.807) is 0 Å². The quantitative estimate of drug-likeness (QED) is 0.612. The topological polar surface area (TPSA) is 47.9 Å². The molecular formula is C10H22O4. The van der Waals surface area contributed by atoms with Crippen LogP contribution in [0, 0.1) is 0 Å². The third-order valence-corrected chi connectivity index (χ3v) is 1.93. The zero-order valence-corrected chi connectivity index (χ0v) is 9.58. The molecule has 0 aliphatic heterocycles. The van der Waals surface area contributed by atoms with Gasteiger partial charge in [-0.1, -0.05) is 13.8 Å². The molecule has 0 amide bonds. The van der Waals surface area contributed by atoms with E-state index in [0.29, 0.717) is 19.6 Å². The molecule has 2 unspecified atom stereocenters.